The van der Waals surface area contributed by atoms with Crippen molar-refractivity contribution in [2.24, 2.45) is 0 Å². The average molecular weight is 588 g/mol. The molecule has 216 valence electrons. The van der Waals surface area contributed by atoms with E-state index in [0.29, 0.717) is 0 Å². The maximum atomic E-state index is 2.42. The highest BCUT2D eigenvalue weighted by molar-refractivity contribution is 6.14. The lowest BCUT2D eigenvalue weighted by atomic mass is 10.1. The number of fused-ring (bicyclic) bond motifs is 9. The zero-order valence-electron chi connectivity index (χ0n) is 25.4. The number of aryl methyl sites for hydroxylation is 1. The molecule has 3 nitrogen and oxygen atoms in total. The second kappa shape index (κ2) is 9.47. The maximum absolute atomic E-state index is 2.42. The minimum atomic E-state index is 1.16. The molecule has 0 N–H and O–H groups in total. The third-order valence-corrected chi connectivity index (χ3v) is 9.67. The molecule has 3 heterocycles. The third-order valence-electron chi connectivity index (χ3n) is 9.67. The molecule has 10 rings (SSSR count). The summed E-state index contributed by atoms with van der Waals surface area (Å²) in [6.07, 6.45) is 0. The summed E-state index contributed by atoms with van der Waals surface area (Å²) in [6.45, 7) is 2.16. The van der Waals surface area contributed by atoms with Crippen molar-refractivity contribution in [3.05, 3.63) is 163 Å². The van der Waals surface area contributed by atoms with E-state index in [1.54, 1.807) is 0 Å². The van der Waals surface area contributed by atoms with E-state index < -0.39 is 0 Å². The van der Waals surface area contributed by atoms with E-state index in [1.165, 1.54) is 76.7 Å². The summed E-state index contributed by atoms with van der Waals surface area (Å²) in [7, 11) is 0. The topological polar surface area (TPSA) is 14.8 Å². The Labute approximate surface area is 265 Å². The van der Waals surface area contributed by atoms with Crippen molar-refractivity contribution in [2.45, 2.75) is 6.92 Å². The minimum absolute atomic E-state index is 1.16. The lowest BCUT2D eigenvalue weighted by Crippen LogP contribution is -1.96. The molecule has 0 bridgehead atoms. The van der Waals surface area contributed by atoms with Gasteiger partial charge in [0.2, 0.25) is 0 Å². The fraction of sp³-hybridized carbons (Fsp3) is 0.0233. The molecule has 46 heavy (non-hydrogen) atoms. The van der Waals surface area contributed by atoms with Crippen LogP contribution in [0.4, 0.5) is 0 Å². The van der Waals surface area contributed by atoms with Gasteiger partial charge in [-0.15, -0.1) is 0 Å². The summed E-state index contributed by atoms with van der Waals surface area (Å²) in [5.41, 5.74) is 12.0. The molecule has 0 aliphatic heterocycles. The smallest absolute Gasteiger partial charge is 0.0542 e. The summed E-state index contributed by atoms with van der Waals surface area (Å²) in [6, 6.07) is 57.7. The van der Waals surface area contributed by atoms with Gasteiger partial charge in [-0.2, -0.15) is 0 Å². The highest BCUT2D eigenvalue weighted by Crippen LogP contribution is 2.39. The molecule has 3 aromatic heterocycles. The second-order valence-electron chi connectivity index (χ2n) is 12.3. The fourth-order valence-corrected chi connectivity index (χ4v) is 7.72. The summed E-state index contributed by atoms with van der Waals surface area (Å²) in [5.74, 6) is 0. The van der Waals surface area contributed by atoms with Gasteiger partial charge in [0.25, 0.3) is 0 Å². The van der Waals surface area contributed by atoms with Crippen LogP contribution >= 0.6 is 0 Å². The molecule has 3 heteroatoms. The second-order valence-corrected chi connectivity index (χ2v) is 12.3. The van der Waals surface area contributed by atoms with Crippen LogP contribution in [0.2, 0.25) is 0 Å². The van der Waals surface area contributed by atoms with Gasteiger partial charge in [-0.1, -0.05) is 84.9 Å². The van der Waals surface area contributed by atoms with Crippen LogP contribution < -0.4 is 0 Å². The van der Waals surface area contributed by atoms with Crippen LogP contribution in [-0.4, -0.2) is 13.7 Å². The van der Waals surface area contributed by atoms with Gasteiger partial charge in [0.05, 0.1) is 33.1 Å². The van der Waals surface area contributed by atoms with E-state index >= 15 is 0 Å². The minimum Gasteiger partial charge on any atom is -0.309 e. The van der Waals surface area contributed by atoms with E-state index in [4.69, 9.17) is 0 Å². The SMILES string of the molecule is Cc1cccc(-n2c3ccc(-n4c5ccccc5c5ccccc54)cc3c3cc(-n4c5ccccc5c5ccccc54)ccc32)c1. The quantitative estimate of drug-likeness (QED) is 0.195. The summed E-state index contributed by atoms with van der Waals surface area (Å²) in [4.78, 5) is 0. The Kier molecular flexibility index (Phi) is 5.20. The fourth-order valence-electron chi connectivity index (χ4n) is 7.72. The third kappa shape index (κ3) is 3.48. The van der Waals surface area contributed by atoms with Crippen molar-refractivity contribution in [3.63, 3.8) is 0 Å². The number of hydrogen-bond donors (Lipinski definition) is 0. The van der Waals surface area contributed by atoms with Crippen LogP contribution in [0, 0.1) is 6.92 Å². The number of hydrogen-bond acceptors (Lipinski definition) is 0. The van der Waals surface area contributed by atoms with Gasteiger partial charge in [-0.25, -0.2) is 0 Å². The lowest BCUT2D eigenvalue weighted by Gasteiger charge is -2.11. The van der Waals surface area contributed by atoms with Crippen molar-refractivity contribution >= 4 is 65.4 Å². The van der Waals surface area contributed by atoms with Crippen molar-refractivity contribution in [1.29, 1.82) is 0 Å². The molecule has 10 aromatic rings. The number of rotatable bonds is 3. The number of para-hydroxylation sites is 4. The van der Waals surface area contributed by atoms with Crippen molar-refractivity contribution in [3.8, 4) is 17.1 Å². The molecule has 0 unspecified atom stereocenters. The van der Waals surface area contributed by atoms with Crippen molar-refractivity contribution in [2.75, 3.05) is 0 Å². The van der Waals surface area contributed by atoms with E-state index in [0.717, 1.165) is 11.4 Å². The largest absolute Gasteiger partial charge is 0.309 e. The standard InChI is InChI=1S/C43H29N3/c1-28-11-10-12-29(25-28)44-42-23-21-30(45-38-17-6-2-13-32(38)33-14-3-7-18-39(33)45)26-36(42)37-27-31(22-24-43(37)44)46-40-19-8-4-15-34(40)35-16-5-9-20-41(35)46/h2-27H,1H3. The zero-order chi connectivity index (χ0) is 30.4. The maximum Gasteiger partial charge on any atom is 0.0542 e. The highest BCUT2D eigenvalue weighted by Gasteiger charge is 2.18. The van der Waals surface area contributed by atoms with Gasteiger partial charge in [0.1, 0.15) is 0 Å². The molecule has 0 radical (unpaired) electrons. The zero-order valence-corrected chi connectivity index (χ0v) is 25.4. The van der Waals surface area contributed by atoms with Crippen molar-refractivity contribution < 1.29 is 0 Å². The molecule has 0 fully saturated rings. The lowest BCUT2D eigenvalue weighted by molar-refractivity contribution is 1.15. The van der Waals surface area contributed by atoms with Crippen LogP contribution in [-0.2, 0) is 0 Å². The van der Waals surface area contributed by atoms with Gasteiger partial charge >= 0.3 is 0 Å². The first-order valence-corrected chi connectivity index (χ1v) is 15.9. The predicted molar refractivity (Wildman–Crippen MR) is 194 cm³/mol. The number of aromatic nitrogens is 3. The predicted octanol–water partition coefficient (Wildman–Crippen LogP) is 11.3. The molecule has 0 aliphatic rings. The Hall–Kier alpha value is -6.06. The molecular formula is C43H29N3. The van der Waals surface area contributed by atoms with E-state index in [9.17, 15) is 0 Å². The van der Waals surface area contributed by atoms with Crippen LogP contribution in [0.5, 0.6) is 0 Å². The summed E-state index contributed by atoms with van der Waals surface area (Å²) >= 11 is 0. The Morgan fingerprint density at radius 1 is 0.283 bits per heavy atom. The number of benzene rings is 7. The molecule has 0 atom stereocenters. The summed E-state index contributed by atoms with van der Waals surface area (Å²) < 4.78 is 7.25. The monoisotopic (exact) mass is 587 g/mol. The van der Waals surface area contributed by atoms with Crippen LogP contribution in [0.3, 0.4) is 0 Å². The van der Waals surface area contributed by atoms with E-state index in [2.05, 4.69) is 178 Å². The Morgan fingerprint density at radius 2 is 0.630 bits per heavy atom. The van der Waals surface area contributed by atoms with Gasteiger partial charge in [-0.3, -0.25) is 0 Å². The normalized spacial score (nSPS) is 12.0. The first kappa shape index (κ1) is 25.3. The molecule has 0 spiro atoms. The van der Waals surface area contributed by atoms with Crippen LogP contribution in [0.1, 0.15) is 5.56 Å². The van der Waals surface area contributed by atoms with Crippen molar-refractivity contribution in [1.82, 2.24) is 13.7 Å². The summed E-state index contributed by atoms with van der Waals surface area (Å²) in [5, 5.41) is 7.56. The molecule has 0 saturated heterocycles. The van der Waals surface area contributed by atoms with Gasteiger partial charge in [0.15, 0.2) is 0 Å². The van der Waals surface area contributed by atoms with Gasteiger partial charge < -0.3 is 13.7 Å². The Bertz CT molecular complexity index is 2550. The molecular weight excluding hydrogens is 558 g/mol. The van der Waals surface area contributed by atoms with Gasteiger partial charge in [-0.05, 0) is 85.3 Å². The molecule has 0 amide bonds. The molecule has 0 aliphatic carbocycles. The Morgan fingerprint density at radius 3 is 1.02 bits per heavy atom. The Balaban J connectivity index is 1.31. The van der Waals surface area contributed by atoms with E-state index in [-0.39, 0.29) is 0 Å². The van der Waals surface area contributed by atoms with Crippen LogP contribution in [0.25, 0.3) is 82.5 Å². The first-order valence-electron chi connectivity index (χ1n) is 15.9. The van der Waals surface area contributed by atoms with Crippen LogP contribution in [0.15, 0.2) is 158 Å². The highest BCUT2D eigenvalue weighted by atomic mass is 15.0. The van der Waals surface area contributed by atoms with E-state index in [1.807, 2.05) is 0 Å². The van der Waals surface area contributed by atoms with Gasteiger partial charge in [0, 0.05) is 49.4 Å². The number of nitrogens with zero attached hydrogens (tertiary/aromatic N) is 3. The average Bonchev–Trinajstić information content (AvgIpc) is 3.73. The molecule has 7 aromatic carbocycles. The first-order chi connectivity index (χ1) is 22.7. The molecule has 0 saturated carbocycles.